The molecule has 1 saturated heterocycles. The first-order valence-electron chi connectivity index (χ1n) is 11.6. The van der Waals surface area contributed by atoms with Gasteiger partial charge >= 0.3 is 13.7 Å². The number of aliphatic hydroxyl groups excluding tert-OH is 2. The molecule has 0 saturated carbocycles. The Bertz CT molecular complexity index is 1420. The number of rotatable bonds is 9. The number of anilines is 1. The Balaban J connectivity index is 1.30. The van der Waals surface area contributed by atoms with Crippen molar-refractivity contribution in [2.45, 2.75) is 43.4 Å². The summed E-state index contributed by atoms with van der Waals surface area (Å²) in [6.07, 6.45) is -2.89. The number of nitrogens with one attached hydrogen (secondary N) is 1. The van der Waals surface area contributed by atoms with Crippen LogP contribution in [-0.4, -0.2) is 66.8 Å². The van der Waals surface area contributed by atoms with Gasteiger partial charge in [-0.3, -0.25) is 0 Å². The molecule has 7 atom stereocenters. The van der Waals surface area contributed by atoms with Crippen molar-refractivity contribution >= 4 is 50.4 Å². The third-order valence-electron chi connectivity index (χ3n) is 6.46. The van der Waals surface area contributed by atoms with Crippen LogP contribution in [0.1, 0.15) is 29.8 Å². The third-order valence-corrected chi connectivity index (χ3v) is 7.88. The molecule has 2 aromatic heterocycles. The van der Waals surface area contributed by atoms with Crippen LogP contribution in [0.5, 0.6) is 0 Å². The molecule has 3 heterocycles. The third kappa shape index (κ3) is 5.90. The zero-order valence-electron chi connectivity index (χ0n) is 19.9. The normalized spacial score (nSPS) is 25.5. The number of carbonyl (C=O) groups excluding carboxylic acids is 1. The van der Waals surface area contributed by atoms with E-state index in [4.69, 9.17) is 20.9 Å². The Morgan fingerprint density at radius 3 is 2.92 bits per heavy atom. The molecule has 2 unspecified atom stereocenters. The van der Waals surface area contributed by atoms with Crippen LogP contribution in [0.25, 0.3) is 11.0 Å². The van der Waals surface area contributed by atoms with E-state index in [1.807, 2.05) is 0 Å². The first kappa shape index (κ1) is 28.2. The zero-order valence-corrected chi connectivity index (χ0v) is 22.4. The van der Waals surface area contributed by atoms with E-state index in [9.17, 15) is 33.7 Å². The Hall–Kier alpha value is -2.38. The molecular weight excluding hydrogens is 581 g/mol. The number of halogens is 2. The quantitative estimate of drug-likeness (QED) is 0.207. The molecule has 2 aliphatic rings. The first-order valence-corrected chi connectivity index (χ1v) is 14.6. The molecule has 3 aromatic rings. The SMILES string of the molecule is O=C(OCP(O)OC[C@H]1O[C@@H](n2ncc3c(N[C@@H]4CCc5ccc(F)cc54)cc(Cl)nc32)[C@H](O)[C@@H]1O)[P+](=O)[O-]. The average Bonchev–Trinajstić information content (AvgIpc) is 3.57. The molecule has 39 heavy (non-hydrogen) atoms. The highest BCUT2D eigenvalue weighted by Gasteiger charge is 2.45. The zero-order chi connectivity index (χ0) is 27.8. The van der Waals surface area contributed by atoms with Gasteiger partial charge in [0.1, 0.15) is 29.3 Å². The molecule has 0 spiro atoms. The topological polar surface area (TPSA) is 188 Å². The maximum Gasteiger partial charge on any atom is 0.552 e. The minimum absolute atomic E-state index is 0.123. The van der Waals surface area contributed by atoms with E-state index in [-0.39, 0.29) is 22.7 Å². The van der Waals surface area contributed by atoms with Crippen molar-refractivity contribution in [3.05, 3.63) is 52.6 Å². The van der Waals surface area contributed by atoms with E-state index < -0.39 is 59.6 Å². The van der Waals surface area contributed by atoms with Gasteiger partial charge in [0.25, 0.3) is 0 Å². The Kier molecular flexibility index (Phi) is 8.39. The summed E-state index contributed by atoms with van der Waals surface area (Å²) < 4.78 is 40.9. The molecule has 17 heteroatoms. The molecule has 0 bridgehead atoms. The van der Waals surface area contributed by atoms with E-state index in [2.05, 4.69) is 20.1 Å². The summed E-state index contributed by atoms with van der Waals surface area (Å²) in [6.45, 7) is -0.407. The molecule has 1 fully saturated rings. The van der Waals surface area contributed by atoms with E-state index in [0.29, 0.717) is 11.1 Å². The number of nitrogens with zero attached hydrogens (tertiary/aromatic N) is 3. The Labute approximate surface area is 227 Å². The number of aliphatic hydroxyl groups is 2. The number of ether oxygens (including phenoxy) is 2. The molecule has 5 rings (SSSR count). The fraction of sp³-hybridized carbons (Fsp3) is 0.409. The largest absolute Gasteiger partial charge is 0.585 e. The standard InChI is InChI=1S/C22H22ClFN4O9P2/c23-17-6-15(26-14-4-2-10-1-3-11(24)5-12(10)14)13-7-25-28(20(13)27-17)21-19(30)18(29)16(37-21)8-36-38(32)9-35-22(31)39(33)34/h1,3,5-7,14,16,18-19,21,29-30,32H,2,4,8-9H2,(H,26,27)/t14-,16-,18-,19-,21-,38?/m1/s1. The summed E-state index contributed by atoms with van der Waals surface area (Å²) in [5.41, 5.74) is 1.23. The lowest BCUT2D eigenvalue weighted by molar-refractivity contribution is -0.162. The number of carbonyl (C=O) groups is 1. The van der Waals surface area contributed by atoms with Gasteiger partial charge in [-0.2, -0.15) is 9.89 Å². The van der Waals surface area contributed by atoms with Crippen LogP contribution in [0.15, 0.2) is 30.5 Å². The van der Waals surface area contributed by atoms with Gasteiger partial charge in [0.15, 0.2) is 18.2 Å². The second kappa shape index (κ2) is 11.6. The highest BCUT2D eigenvalue weighted by atomic mass is 35.5. The predicted octanol–water partition coefficient (Wildman–Crippen LogP) is 2.46. The second-order valence-corrected chi connectivity index (χ2v) is 11.4. The Morgan fingerprint density at radius 2 is 2.15 bits per heavy atom. The Morgan fingerprint density at radius 1 is 1.36 bits per heavy atom. The van der Waals surface area contributed by atoms with Crippen molar-refractivity contribution in [2.24, 2.45) is 0 Å². The lowest BCUT2D eigenvalue weighted by Gasteiger charge is -2.18. The summed E-state index contributed by atoms with van der Waals surface area (Å²) in [5, 5.41) is 29.5. The molecule has 13 nitrogen and oxygen atoms in total. The monoisotopic (exact) mass is 602 g/mol. The number of aromatic nitrogens is 3. The minimum Gasteiger partial charge on any atom is -0.585 e. The fourth-order valence-electron chi connectivity index (χ4n) is 4.63. The predicted molar refractivity (Wildman–Crippen MR) is 134 cm³/mol. The van der Waals surface area contributed by atoms with E-state index >= 15 is 0 Å². The van der Waals surface area contributed by atoms with Gasteiger partial charge in [0, 0.05) is 0 Å². The van der Waals surface area contributed by atoms with Crippen LogP contribution in [-0.2, 0) is 25.0 Å². The summed E-state index contributed by atoms with van der Waals surface area (Å²) in [5.74, 6) is -0.327. The van der Waals surface area contributed by atoms with Gasteiger partial charge in [-0.25, -0.2) is 14.1 Å². The molecule has 1 aliphatic carbocycles. The van der Waals surface area contributed by atoms with Crippen LogP contribution in [0.4, 0.5) is 14.9 Å². The van der Waals surface area contributed by atoms with Gasteiger partial charge in [0.2, 0.25) is 8.38 Å². The number of pyridine rings is 1. The van der Waals surface area contributed by atoms with Crippen LogP contribution in [0, 0.1) is 5.82 Å². The smallest absolute Gasteiger partial charge is 0.552 e. The summed E-state index contributed by atoms with van der Waals surface area (Å²) in [6, 6.07) is 6.15. The van der Waals surface area contributed by atoms with Crippen molar-refractivity contribution in [1.82, 2.24) is 14.8 Å². The first-order chi connectivity index (χ1) is 18.6. The highest BCUT2D eigenvalue weighted by Crippen LogP contribution is 2.39. The summed E-state index contributed by atoms with van der Waals surface area (Å²) in [7, 11) is -5.83. The van der Waals surface area contributed by atoms with Gasteiger partial charge in [-0.1, -0.05) is 22.2 Å². The average molecular weight is 603 g/mol. The number of hydrogen-bond donors (Lipinski definition) is 4. The van der Waals surface area contributed by atoms with Crippen LogP contribution in [0.3, 0.4) is 0 Å². The van der Waals surface area contributed by atoms with E-state index in [1.165, 1.54) is 23.0 Å². The summed E-state index contributed by atoms with van der Waals surface area (Å²) >= 11 is 6.30. The van der Waals surface area contributed by atoms with Crippen molar-refractivity contribution < 1.29 is 47.7 Å². The number of benzene rings is 1. The lowest BCUT2D eigenvalue weighted by Crippen LogP contribution is -2.33. The van der Waals surface area contributed by atoms with E-state index in [0.717, 1.165) is 24.0 Å². The molecule has 1 aromatic carbocycles. The van der Waals surface area contributed by atoms with Gasteiger partial charge in [0.05, 0.1) is 29.9 Å². The molecule has 208 valence electrons. The van der Waals surface area contributed by atoms with Gasteiger partial charge < -0.3 is 39.3 Å². The van der Waals surface area contributed by atoms with Crippen molar-refractivity contribution in [1.29, 1.82) is 0 Å². The molecule has 0 amide bonds. The van der Waals surface area contributed by atoms with E-state index in [1.54, 1.807) is 12.1 Å². The maximum absolute atomic E-state index is 13.9. The number of fused-ring (bicyclic) bond motifs is 2. The molecule has 4 N–H and O–H groups in total. The number of hydrogen-bond acceptors (Lipinski definition) is 12. The molecule has 0 radical (unpaired) electrons. The van der Waals surface area contributed by atoms with Crippen molar-refractivity contribution in [3.8, 4) is 0 Å². The molecule has 1 aliphatic heterocycles. The highest BCUT2D eigenvalue weighted by molar-refractivity contribution is 7.56. The van der Waals surface area contributed by atoms with Crippen molar-refractivity contribution in [3.63, 3.8) is 0 Å². The minimum atomic E-state index is -3.45. The van der Waals surface area contributed by atoms with Gasteiger partial charge in [-0.05, 0) is 42.2 Å². The summed E-state index contributed by atoms with van der Waals surface area (Å²) in [4.78, 5) is 35.6. The van der Waals surface area contributed by atoms with Gasteiger partial charge in [-0.15, -0.1) is 0 Å². The van der Waals surface area contributed by atoms with Crippen LogP contribution < -0.4 is 10.2 Å². The fourth-order valence-corrected chi connectivity index (χ4v) is 5.71. The number of aryl methyl sites for hydroxylation is 1. The second-order valence-electron chi connectivity index (χ2n) is 8.89. The van der Waals surface area contributed by atoms with Crippen LogP contribution in [0.2, 0.25) is 5.15 Å². The van der Waals surface area contributed by atoms with Crippen molar-refractivity contribution in [2.75, 3.05) is 18.3 Å². The lowest BCUT2D eigenvalue weighted by atomic mass is 10.1. The maximum atomic E-state index is 13.9. The molecular formula is C22H22ClFN4O9P2. The van der Waals surface area contributed by atoms with Crippen LogP contribution >= 0.6 is 28.0 Å².